The molecule has 2 aromatic carbocycles. The molecule has 0 aromatic heterocycles. The van der Waals surface area contributed by atoms with Gasteiger partial charge in [-0.15, -0.1) is 0 Å². The van der Waals surface area contributed by atoms with Gasteiger partial charge in [-0.1, -0.05) is 101 Å². The average molecular weight is 413 g/mol. The number of rotatable bonds is 7. The van der Waals surface area contributed by atoms with Crippen molar-refractivity contribution in [3.8, 4) is 0 Å². The Morgan fingerprint density at radius 1 is 0.903 bits per heavy atom. The largest absolute Gasteiger partial charge is 0.388 e. The van der Waals surface area contributed by atoms with Crippen molar-refractivity contribution >= 4 is 11.4 Å². The predicted octanol–water partition coefficient (Wildman–Crippen LogP) is 7.38. The van der Waals surface area contributed by atoms with Crippen molar-refractivity contribution in [3.05, 3.63) is 108 Å². The fraction of sp³-hybridized carbons (Fsp3) is 0.310. The van der Waals surface area contributed by atoms with Crippen molar-refractivity contribution in [2.45, 2.75) is 44.9 Å². The van der Waals surface area contributed by atoms with Crippen LogP contribution in [0.1, 0.15) is 45.2 Å². The summed E-state index contributed by atoms with van der Waals surface area (Å²) in [5, 5.41) is 3.31. The molecule has 0 radical (unpaired) electrons. The van der Waals surface area contributed by atoms with Gasteiger partial charge in [0, 0.05) is 36.6 Å². The number of hydrogen-bond donors (Lipinski definition) is 1. The van der Waals surface area contributed by atoms with E-state index >= 15 is 0 Å². The van der Waals surface area contributed by atoms with Gasteiger partial charge >= 0.3 is 0 Å². The Hall–Kier alpha value is -3.00. The minimum Gasteiger partial charge on any atom is -0.388 e. The van der Waals surface area contributed by atoms with Crippen LogP contribution in [0.15, 0.2) is 96.8 Å². The van der Waals surface area contributed by atoms with Gasteiger partial charge in [0.1, 0.15) is 0 Å². The molecule has 0 bridgehead atoms. The zero-order valence-corrected chi connectivity index (χ0v) is 19.8. The highest BCUT2D eigenvalue weighted by molar-refractivity contribution is 5.70. The number of likely N-dealkylation sites (N-methyl/N-ethyl adjacent to an activating group) is 1. The lowest BCUT2D eigenvalue weighted by molar-refractivity contribution is 0.536. The van der Waals surface area contributed by atoms with Gasteiger partial charge in [0.25, 0.3) is 0 Å². The maximum atomic E-state index is 3.31. The van der Waals surface area contributed by atoms with E-state index in [1.165, 1.54) is 28.2 Å². The molecule has 0 fully saturated rings. The quantitative estimate of drug-likeness (QED) is 0.477. The Labute approximate surface area is 188 Å². The highest BCUT2D eigenvalue weighted by Crippen LogP contribution is 2.46. The van der Waals surface area contributed by atoms with Gasteiger partial charge in [0.15, 0.2) is 0 Å². The van der Waals surface area contributed by atoms with E-state index in [0.717, 1.165) is 6.42 Å². The van der Waals surface area contributed by atoms with Crippen LogP contribution < -0.4 is 10.2 Å². The molecule has 1 aliphatic rings. The van der Waals surface area contributed by atoms with Gasteiger partial charge in [-0.05, 0) is 41.2 Å². The van der Waals surface area contributed by atoms with Crippen LogP contribution in [-0.2, 0) is 10.8 Å². The summed E-state index contributed by atoms with van der Waals surface area (Å²) >= 11 is 0. The smallest absolute Gasteiger partial charge is 0.0447 e. The van der Waals surface area contributed by atoms with Crippen molar-refractivity contribution in [1.82, 2.24) is 0 Å². The number of para-hydroxylation sites is 2. The average Bonchev–Trinajstić information content (AvgIpc) is 2.96. The second-order valence-corrected chi connectivity index (χ2v) is 9.33. The SMILES string of the molecule is CNc1ccccc1C(C)(C)CC=CC=CC=CC=C1N(C)c2ccccc2C1(C)C. The van der Waals surface area contributed by atoms with E-state index in [9.17, 15) is 0 Å². The minimum atomic E-state index is 0.0223. The highest BCUT2D eigenvalue weighted by atomic mass is 15.2. The highest BCUT2D eigenvalue weighted by Gasteiger charge is 2.37. The third kappa shape index (κ3) is 4.85. The number of nitrogens with zero attached hydrogens (tertiary/aromatic N) is 1. The van der Waals surface area contributed by atoms with Gasteiger partial charge in [-0.3, -0.25) is 0 Å². The van der Waals surface area contributed by atoms with Gasteiger partial charge in [0.05, 0.1) is 0 Å². The first-order valence-corrected chi connectivity index (χ1v) is 11.1. The van der Waals surface area contributed by atoms with Crippen molar-refractivity contribution in [3.63, 3.8) is 0 Å². The Balaban J connectivity index is 1.60. The third-order valence-corrected chi connectivity index (χ3v) is 6.33. The van der Waals surface area contributed by atoms with Crippen molar-refractivity contribution in [1.29, 1.82) is 0 Å². The normalized spacial score (nSPS) is 17.4. The minimum absolute atomic E-state index is 0.0223. The van der Waals surface area contributed by atoms with Crippen LogP contribution >= 0.6 is 0 Å². The summed E-state index contributed by atoms with van der Waals surface area (Å²) < 4.78 is 0. The molecule has 1 heterocycles. The maximum absolute atomic E-state index is 3.31. The zero-order valence-electron chi connectivity index (χ0n) is 19.8. The van der Waals surface area contributed by atoms with Gasteiger partial charge < -0.3 is 10.2 Å². The first-order valence-electron chi connectivity index (χ1n) is 11.1. The lowest BCUT2D eigenvalue weighted by Gasteiger charge is -2.26. The molecule has 162 valence electrons. The number of allylic oxidation sites excluding steroid dienone is 8. The van der Waals surface area contributed by atoms with Gasteiger partial charge in [-0.25, -0.2) is 0 Å². The number of hydrogen-bond acceptors (Lipinski definition) is 2. The molecule has 2 nitrogen and oxygen atoms in total. The molecule has 2 heteroatoms. The van der Waals surface area contributed by atoms with Gasteiger partial charge in [-0.2, -0.15) is 0 Å². The number of benzene rings is 2. The van der Waals surface area contributed by atoms with E-state index < -0.39 is 0 Å². The number of nitrogens with one attached hydrogen (secondary N) is 1. The topological polar surface area (TPSA) is 15.3 Å². The lowest BCUT2D eigenvalue weighted by atomic mass is 9.80. The Kier molecular flexibility index (Phi) is 6.90. The van der Waals surface area contributed by atoms with Crippen LogP contribution in [0, 0.1) is 0 Å². The summed E-state index contributed by atoms with van der Waals surface area (Å²) in [7, 11) is 4.14. The summed E-state index contributed by atoms with van der Waals surface area (Å²) in [5.41, 5.74) is 6.66. The van der Waals surface area contributed by atoms with Crippen LogP contribution in [0.2, 0.25) is 0 Å². The van der Waals surface area contributed by atoms with Crippen LogP contribution in [0.4, 0.5) is 11.4 Å². The molecule has 0 atom stereocenters. The Morgan fingerprint density at radius 2 is 1.55 bits per heavy atom. The standard InChI is InChI=1S/C29H36N2/c1-28(2,23-17-12-14-19-25(23)30-5)22-16-10-8-7-9-11-21-27-29(3,4)24-18-13-15-20-26(24)31(27)6/h7-21,30H,22H2,1-6H3. The predicted molar refractivity (Wildman–Crippen MR) is 137 cm³/mol. The fourth-order valence-electron chi connectivity index (χ4n) is 4.48. The van der Waals surface area contributed by atoms with Gasteiger partial charge in [0.2, 0.25) is 0 Å². The summed E-state index contributed by atoms with van der Waals surface area (Å²) in [4.78, 5) is 2.30. The van der Waals surface area contributed by atoms with E-state index in [2.05, 4.69) is 136 Å². The van der Waals surface area contributed by atoms with Crippen molar-refractivity contribution in [2.24, 2.45) is 0 Å². The molecule has 3 rings (SSSR count). The maximum Gasteiger partial charge on any atom is 0.0447 e. The number of fused-ring (bicyclic) bond motifs is 1. The molecule has 0 saturated heterocycles. The van der Waals surface area contributed by atoms with Crippen LogP contribution in [0.25, 0.3) is 0 Å². The fourth-order valence-corrected chi connectivity index (χ4v) is 4.48. The summed E-state index contributed by atoms with van der Waals surface area (Å²) in [6, 6.07) is 17.2. The molecule has 0 saturated carbocycles. The molecular weight excluding hydrogens is 376 g/mol. The molecule has 0 amide bonds. The second kappa shape index (κ2) is 9.43. The molecule has 31 heavy (non-hydrogen) atoms. The molecule has 2 aromatic rings. The summed E-state index contributed by atoms with van der Waals surface area (Å²) in [6.45, 7) is 9.17. The molecule has 0 unspecified atom stereocenters. The van der Waals surface area contributed by atoms with E-state index in [4.69, 9.17) is 0 Å². The lowest BCUT2D eigenvalue weighted by Crippen LogP contribution is -2.22. The Bertz CT molecular complexity index is 1020. The number of anilines is 2. The molecular formula is C29H36N2. The van der Waals surface area contributed by atoms with Crippen molar-refractivity contribution in [2.75, 3.05) is 24.3 Å². The Morgan fingerprint density at radius 3 is 2.29 bits per heavy atom. The second-order valence-electron chi connectivity index (χ2n) is 9.33. The molecule has 1 aliphatic heterocycles. The van der Waals surface area contributed by atoms with Crippen molar-refractivity contribution < 1.29 is 0 Å². The third-order valence-electron chi connectivity index (χ3n) is 6.33. The first-order chi connectivity index (χ1) is 14.8. The van der Waals surface area contributed by atoms with Crippen LogP contribution in [-0.4, -0.2) is 14.1 Å². The molecule has 0 spiro atoms. The summed E-state index contributed by atoms with van der Waals surface area (Å²) in [6.07, 6.45) is 16.0. The summed E-state index contributed by atoms with van der Waals surface area (Å²) in [5.74, 6) is 0. The van der Waals surface area contributed by atoms with Crippen LogP contribution in [0.3, 0.4) is 0 Å². The molecule has 1 N–H and O–H groups in total. The molecule has 0 aliphatic carbocycles. The zero-order chi connectivity index (χ0) is 22.5. The first kappa shape index (κ1) is 22.7. The van der Waals surface area contributed by atoms with Crippen LogP contribution in [0.5, 0.6) is 0 Å². The van der Waals surface area contributed by atoms with E-state index in [1.807, 2.05) is 7.05 Å². The van der Waals surface area contributed by atoms with E-state index in [0.29, 0.717) is 0 Å². The monoisotopic (exact) mass is 412 g/mol. The van der Waals surface area contributed by atoms with E-state index in [1.54, 1.807) is 0 Å². The van der Waals surface area contributed by atoms with E-state index in [-0.39, 0.29) is 10.8 Å².